The molecule has 13 heteroatoms. The molecule has 0 N–H and O–H groups in total. The largest absolute Gasteiger partial charge is 0.490 e. The second-order valence-electron chi connectivity index (χ2n) is 9.65. The lowest BCUT2D eigenvalue weighted by Gasteiger charge is -2.23. The lowest BCUT2D eigenvalue weighted by Crippen LogP contribution is -2.39. The summed E-state index contributed by atoms with van der Waals surface area (Å²) < 4.78 is 25.0. The van der Waals surface area contributed by atoms with Gasteiger partial charge in [-0.3, -0.25) is 19.5 Å². The minimum Gasteiger partial charge on any atom is -0.490 e. The third-order valence-corrected chi connectivity index (χ3v) is 8.42. The number of carbonyl (C=O) groups excluding carboxylic acids is 1. The second kappa shape index (κ2) is 13.9. The number of fused-ring (bicyclic) bond motifs is 1. The molecule has 45 heavy (non-hydrogen) atoms. The number of nitrogens with zero attached hydrogens (tertiary/aromatic N) is 3. The topological polar surface area (TPSA) is 131 Å². The fourth-order valence-corrected chi connectivity index (χ4v) is 6.22. The Kier molecular flexibility index (Phi) is 9.79. The number of esters is 1. The van der Waals surface area contributed by atoms with Gasteiger partial charge in [-0.1, -0.05) is 23.5 Å². The molecule has 3 aromatic carbocycles. The molecule has 1 atom stereocenters. The third kappa shape index (κ3) is 6.84. The molecule has 0 radical (unpaired) electrons. The van der Waals surface area contributed by atoms with E-state index in [2.05, 4.69) is 20.9 Å². The van der Waals surface area contributed by atoms with E-state index in [4.69, 9.17) is 18.9 Å². The molecule has 0 saturated carbocycles. The SMILES string of the molecule is CCOc1ccc([C@H]2C(C(=O)OC)=CN=c3s/c(=C\c4ccc(OCc5ccc([N+](=O)[O-])cc5)c(Br)c4)c(=O)n32)cc1OCC. The molecule has 5 rings (SSSR count). The van der Waals surface area contributed by atoms with Crippen molar-refractivity contribution in [2.24, 2.45) is 4.99 Å². The van der Waals surface area contributed by atoms with Crippen LogP contribution in [-0.4, -0.2) is 35.8 Å². The maximum absolute atomic E-state index is 13.9. The molecular formula is C32H28BrN3O8S. The molecule has 0 fully saturated rings. The van der Waals surface area contributed by atoms with Gasteiger partial charge in [0.15, 0.2) is 16.3 Å². The van der Waals surface area contributed by atoms with Crippen LogP contribution in [0.1, 0.15) is 36.6 Å². The monoisotopic (exact) mass is 693 g/mol. The van der Waals surface area contributed by atoms with Crippen molar-refractivity contribution in [2.75, 3.05) is 20.3 Å². The lowest BCUT2D eigenvalue weighted by molar-refractivity contribution is -0.384. The number of thiazole rings is 1. The van der Waals surface area contributed by atoms with Crippen LogP contribution in [0.15, 0.2) is 86.7 Å². The second-order valence-corrected chi connectivity index (χ2v) is 11.5. The number of nitro groups is 1. The van der Waals surface area contributed by atoms with Gasteiger partial charge in [-0.25, -0.2) is 9.79 Å². The number of ether oxygens (including phenoxy) is 4. The summed E-state index contributed by atoms with van der Waals surface area (Å²) in [5.41, 5.74) is 2.05. The molecule has 0 aliphatic carbocycles. The highest BCUT2D eigenvalue weighted by Crippen LogP contribution is 2.35. The molecule has 0 bridgehead atoms. The number of non-ortho nitro benzene ring substituents is 1. The van der Waals surface area contributed by atoms with Crippen molar-refractivity contribution in [1.82, 2.24) is 4.57 Å². The normalized spacial score (nSPS) is 14.2. The molecule has 1 aliphatic rings. The van der Waals surface area contributed by atoms with Gasteiger partial charge in [0, 0.05) is 18.3 Å². The first-order valence-corrected chi connectivity index (χ1v) is 15.5. The smallest absolute Gasteiger partial charge is 0.337 e. The molecule has 0 amide bonds. The average molecular weight is 695 g/mol. The number of carbonyl (C=O) groups is 1. The third-order valence-electron chi connectivity index (χ3n) is 6.80. The Bertz CT molecular complexity index is 1970. The van der Waals surface area contributed by atoms with Crippen LogP contribution < -0.4 is 29.1 Å². The number of benzene rings is 3. The number of halogens is 1. The van der Waals surface area contributed by atoms with E-state index in [1.807, 2.05) is 26.0 Å². The zero-order chi connectivity index (χ0) is 32.1. The summed E-state index contributed by atoms with van der Waals surface area (Å²) in [6.45, 7) is 4.81. The van der Waals surface area contributed by atoms with Crippen LogP contribution >= 0.6 is 27.3 Å². The number of aromatic nitrogens is 1. The number of nitro benzene ring substituents is 1. The maximum atomic E-state index is 13.9. The number of rotatable bonds is 11. The van der Waals surface area contributed by atoms with Crippen molar-refractivity contribution >= 4 is 45.0 Å². The van der Waals surface area contributed by atoms with E-state index < -0.39 is 16.9 Å². The zero-order valence-corrected chi connectivity index (χ0v) is 26.9. The Labute approximate surface area is 269 Å². The van der Waals surface area contributed by atoms with Crippen molar-refractivity contribution in [2.45, 2.75) is 26.5 Å². The molecular weight excluding hydrogens is 666 g/mol. The Balaban J connectivity index is 1.48. The minimum atomic E-state index is -0.798. The van der Waals surface area contributed by atoms with Crippen LogP contribution in [0.2, 0.25) is 0 Å². The molecule has 4 aromatic rings. The fraction of sp³-hybridized carbons (Fsp3) is 0.219. The van der Waals surface area contributed by atoms with Gasteiger partial charge in [0.05, 0.1) is 45.9 Å². The van der Waals surface area contributed by atoms with Crippen LogP contribution in [-0.2, 0) is 16.1 Å². The maximum Gasteiger partial charge on any atom is 0.337 e. The van der Waals surface area contributed by atoms with E-state index in [1.165, 1.54) is 41.3 Å². The summed E-state index contributed by atoms with van der Waals surface area (Å²) in [6, 6.07) is 16.1. The number of hydrogen-bond donors (Lipinski definition) is 0. The predicted octanol–water partition coefficient (Wildman–Crippen LogP) is 5.07. The molecule has 1 aliphatic heterocycles. The van der Waals surface area contributed by atoms with Gasteiger partial charge in [0.1, 0.15) is 12.4 Å². The number of methoxy groups -OCH3 is 1. The van der Waals surface area contributed by atoms with E-state index in [0.29, 0.717) is 49.8 Å². The molecule has 0 saturated heterocycles. The Hall–Kier alpha value is -4.75. The van der Waals surface area contributed by atoms with Crippen molar-refractivity contribution in [1.29, 1.82) is 0 Å². The van der Waals surface area contributed by atoms with E-state index in [-0.39, 0.29) is 23.4 Å². The Morgan fingerprint density at radius 3 is 2.40 bits per heavy atom. The van der Waals surface area contributed by atoms with E-state index in [9.17, 15) is 19.7 Å². The van der Waals surface area contributed by atoms with Crippen molar-refractivity contribution in [3.63, 3.8) is 0 Å². The highest BCUT2D eigenvalue weighted by molar-refractivity contribution is 9.10. The molecule has 2 heterocycles. The van der Waals surface area contributed by atoms with Crippen LogP contribution in [0.5, 0.6) is 17.2 Å². The Morgan fingerprint density at radius 2 is 1.73 bits per heavy atom. The Morgan fingerprint density at radius 1 is 1.02 bits per heavy atom. The molecule has 1 aromatic heterocycles. The minimum absolute atomic E-state index is 0.0112. The fourth-order valence-electron chi connectivity index (χ4n) is 4.74. The average Bonchev–Trinajstić information content (AvgIpc) is 3.35. The van der Waals surface area contributed by atoms with Gasteiger partial charge in [-0.2, -0.15) is 0 Å². The van der Waals surface area contributed by atoms with Gasteiger partial charge in [-0.05, 0) is 88.9 Å². The van der Waals surface area contributed by atoms with E-state index in [1.54, 1.807) is 42.5 Å². The number of hydrogen-bond acceptors (Lipinski definition) is 10. The van der Waals surface area contributed by atoms with Crippen LogP contribution in [0.3, 0.4) is 0 Å². The van der Waals surface area contributed by atoms with Crippen LogP contribution in [0.4, 0.5) is 5.69 Å². The van der Waals surface area contributed by atoms with Crippen LogP contribution in [0.25, 0.3) is 6.08 Å². The summed E-state index contributed by atoms with van der Waals surface area (Å²) in [4.78, 5) is 42.0. The summed E-state index contributed by atoms with van der Waals surface area (Å²) in [7, 11) is 1.28. The molecule has 232 valence electrons. The van der Waals surface area contributed by atoms with Crippen LogP contribution in [0, 0.1) is 10.1 Å². The van der Waals surface area contributed by atoms with Crippen molar-refractivity contribution in [3.05, 3.63) is 123 Å². The molecule has 0 unspecified atom stereocenters. The first kappa shape index (κ1) is 31.7. The van der Waals surface area contributed by atoms with Crippen molar-refractivity contribution in [3.8, 4) is 17.2 Å². The van der Waals surface area contributed by atoms with Gasteiger partial charge in [0.2, 0.25) is 0 Å². The quantitative estimate of drug-likeness (QED) is 0.121. The van der Waals surface area contributed by atoms with E-state index >= 15 is 0 Å². The summed E-state index contributed by atoms with van der Waals surface area (Å²) in [6.07, 6.45) is 3.19. The predicted molar refractivity (Wildman–Crippen MR) is 172 cm³/mol. The first-order chi connectivity index (χ1) is 21.7. The summed E-state index contributed by atoms with van der Waals surface area (Å²) in [5, 5.41) is 10.9. The van der Waals surface area contributed by atoms with Crippen molar-refractivity contribution < 1.29 is 28.7 Å². The van der Waals surface area contributed by atoms with Gasteiger partial charge >= 0.3 is 5.97 Å². The van der Waals surface area contributed by atoms with E-state index in [0.717, 1.165) is 11.1 Å². The highest BCUT2D eigenvalue weighted by Gasteiger charge is 2.31. The first-order valence-electron chi connectivity index (χ1n) is 13.9. The van der Waals surface area contributed by atoms with Gasteiger partial charge in [-0.15, -0.1) is 0 Å². The lowest BCUT2D eigenvalue weighted by atomic mass is 9.97. The zero-order valence-electron chi connectivity index (χ0n) is 24.5. The standard InChI is InChI=1S/C32H28BrN3O8S/c1-4-42-26-13-9-21(16-27(26)43-5-2)29-23(31(38)41-3)17-34-32-35(29)30(37)28(45-32)15-20-8-12-25(24(33)14-20)44-18-19-6-10-22(11-7-19)36(39)40/h6-17,29H,4-5,18H2,1-3H3/b28-15-/t29-/m0/s1. The highest BCUT2D eigenvalue weighted by atomic mass is 79.9. The molecule has 0 spiro atoms. The summed E-state index contributed by atoms with van der Waals surface area (Å²) in [5.74, 6) is 1.03. The summed E-state index contributed by atoms with van der Waals surface area (Å²) >= 11 is 4.74. The van der Waals surface area contributed by atoms with Gasteiger partial charge < -0.3 is 18.9 Å². The molecule has 11 nitrogen and oxygen atoms in total. The van der Waals surface area contributed by atoms with Gasteiger partial charge in [0.25, 0.3) is 11.2 Å².